The van der Waals surface area contributed by atoms with Crippen LogP contribution >= 0.6 is 0 Å². The van der Waals surface area contributed by atoms with Gasteiger partial charge in [-0.15, -0.1) is 0 Å². The number of anilines is 1. The second-order valence-corrected chi connectivity index (χ2v) is 7.15. The van der Waals surface area contributed by atoms with E-state index in [9.17, 15) is 9.59 Å². The molecule has 3 aromatic rings. The Bertz CT molecular complexity index is 1040. The lowest BCUT2D eigenvalue weighted by atomic mass is 9.97. The van der Waals surface area contributed by atoms with Gasteiger partial charge in [-0.1, -0.05) is 30.3 Å². The largest absolute Gasteiger partial charge is 0.345 e. The van der Waals surface area contributed by atoms with Gasteiger partial charge in [0.1, 0.15) is 0 Å². The standard InChI is InChI=1S/C22H22N4O2/c1-14-11-15(2)26(25-14)13-16-7-9-17(10-8-16)22(28)24-20-12-21(27)23-19-6-4-3-5-18(19)20/h3-11,20H,12-13H2,1-2H3,(H,23,27)(H,24,28). The number of fused-ring (bicyclic) bond motifs is 1. The van der Waals surface area contributed by atoms with Gasteiger partial charge in [0.05, 0.1) is 24.7 Å². The summed E-state index contributed by atoms with van der Waals surface area (Å²) < 4.78 is 1.95. The SMILES string of the molecule is Cc1cc(C)n(Cc2ccc(C(=O)NC3CC(=O)Nc4ccccc43)cc2)n1. The molecule has 6 heteroatoms. The number of aryl methyl sites for hydroxylation is 2. The number of nitrogens with zero attached hydrogens (tertiary/aromatic N) is 2. The predicted octanol–water partition coefficient (Wildman–Crippen LogP) is 3.36. The molecular weight excluding hydrogens is 352 g/mol. The molecule has 28 heavy (non-hydrogen) atoms. The third-order valence-corrected chi connectivity index (χ3v) is 4.96. The average Bonchev–Trinajstić information content (AvgIpc) is 2.99. The molecule has 2 heterocycles. The molecule has 2 aromatic carbocycles. The minimum absolute atomic E-state index is 0.0933. The van der Waals surface area contributed by atoms with Gasteiger partial charge in [0, 0.05) is 16.9 Å². The maximum Gasteiger partial charge on any atom is 0.251 e. The number of nitrogens with one attached hydrogen (secondary N) is 2. The van der Waals surface area contributed by atoms with Crippen molar-refractivity contribution in [1.29, 1.82) is 0 Å². The molecule has 4 rings (SSSR count). The fourth-order valence-corrected chi connectivity index (χ4v) is 3.55. The molecule has 1 unspecified atom stereocenters. The Kier molecular flexibility index (Phi) is 4.69. The third-order valence-electron chi connectivity index (χ3n) is 4.96. The minimum atomic E-state index is -0.327. The molecule has 142 valence electrons. The first-order valence-corrected chi connectivity index (χ1v) is 9.29. The van der Waals surface area contributed by atoms with Crippen LogP contribution in [0.1, 0.15) is 45.3 Å². The van der Waals surface area contributed by atoms with E-state index < -0.39 is 0 Å². The number of carbonyl (C=O) groups is 2. The van der Waals surface area contributed by atoms with Crippen LogP contribution in [-0.2, 0) is 11.3 Å². The van der Waals surface area contributed by atoms with Gasteiger partial charge in [0.2, 0.25) is 5.91 Å². The lowest BCUT2D eigenvalue weighted by Gasteiger charge is -2.26. The van der Waals surface area contributed by atoms with Crippen molar-refractivity contribution in [2.24, 2.45) is 0 Å². The van der Waals surface area contributed by atoms with Gasteiger partial charge in [-0.25, -0.2) is 0 Å². The van der Waals surface area contributed by atoms with E-state index in [1.807, 2.05) is 73.1 Å². The molecule has 0 aliphatic carbocycles. The van der Waals surface area contributed by atoms with E-state index in [-0.39, 0.29) is 24.3 Å². The number of amides is 2. The number of benzene rings is 2. The zero-order valence-corrected chi connectivity index (χ0v) is 15.9. The Morgan fingerprint density at radius 3 is 2.64 bits per heavy atom. The number of aromatic nitrogens is 2. The highest BCUT2D eigenvalue weighted by molar-refractivity contribution is 5.98. The second kappa shape index (κ2) is 7.31. The minimum Gasteiger partial charge on any atom is -0.345 e. The maximum absolute atomic E-state index is 12.7. The number of hydrogen-bond donors (Lipinski definition) is 2. The molecule has 0 radical (unpaired) electrons. The van der Waals surface area contributed by atoms with Gasteiger partial charge in [-0.3, -0.25) is 14.3 Å². The lowest BCUT2D eigenvalue weighted by Crippen LogP contribution is -2.35. The molecule has 6 nitrogen and oxygen atoms in total. The lowest BCUT2D eigenvalue weighted by molar-refractivity contribution is -0.116. The molecule has 1 aliphatic heterocycles. The summed E-state index contributed by atoms with van der Waals surface area (Å²) in [5.74, 6) is -0.281. The van der Waals surface area contributed by atoms with E-state index in [1.54, 1.807) is 0 Å². The molecule has 0 fully saturated rings. The van der Waals surface area contributed by atoms with Gasteiger partial charge in [0.15, 0.2) is 0 Å². The number of para-hydroxylation sites is 1. The normalized spacial score (nSPS) is 15.6. The van der Waals surface area contributed by atoms with Crippen molar-refractivity contribution in [1.82, 2.24) is 15.1 Å². The first-order chi connectivity index (χ1) is 13.5. The summed E-state index contributed by atoms with van der Waals surface area (Å²) in [7, 11) is 0. The Morgan fingerprint density at radius 2 is 1.93 bits per heavy atom. The highest BCUT2D eigenvalue weighted by Gasteiger charge is 2.26. The second-order valence-electron chi connectivity index (χ2n) is 7.15. The van der Waals surface area contributed by atoms with Gasteiger partial charge < -0.3 is 10.6 Å². The Labute approximate surface area is 163 Å². The average molecular weight is 374 g/mol. The maximum atomic E-state index is 12.7. The molecule has 0 saturated carbocycles. The molecule has 0 saturated heterocycles. The first kappa shape index (κ1) is 18.0. The van der Waals surface area contributed by atoms with Gasteiger partial charge in [0.25, 0.3) is 5.91 Å². The molecule has 2 amide bonds. The quantitative estimate of drug-likeness (QED) is 0.735. The van der Waals surface area contributed by atoms with Crippen LogP contribution in [0.15, 0.2) is 54.6 Å². The van der Waals surface area contributed by atoms with Crippen molar-refractivity contribution < 1.29 is 9.59 Å². The van der Waals surface area contributed by atoms with Crippen LogP contribution in [0, 0.1) is 13.8 Å². The number of rotatable bonds is 4. The fourth-order valence-electron chi connectivity index (χ4n) is 3.55. The van der Waals surface area contributed by atoms with Crippen LogP contribution in [0.3, 0.4) is 0 Å². The van der Waals surface area contributed by atoms with E-state index >= 15 is 0 Å². The number of carbonyl (C=O) groups excluding carboxylic acids is 2. The van der Waals surface area contributed by atoms with Gasteiger partial charge in [-0.2, -0.15) is 5.10 Å². The molecule has 1 atom stereocenters. The van der Waals surface area contributed by atoms with E-state index in [2.05, 4.69) is 15.7 Å². The van der Waals surface area contributed by atoms with Crippen molar-refractivity contribution in [3.63, 3.8) is 0 Å². The first-order valence-electron chi connectivity index (χ1n) is 9.29. The molecule has 1 aromatic heterocycles. The highest BCUT2D eigenvalue weighted by Crippen LogP contribution is 2.30. The Balaban J connectivity index is 1.47. The van der Waals surface area contributed by atoms with E-state index in [4.69, 9.17) is 0 Å². The van der Waals surface area contributed by atoms with Crippen LogP contribution in [0.25, 0.3) is 0 Å². The summed E-state index contributed by atoms with van der Waals surface area (Å²) in [6.07, 6.45) is 0.235. The summed E-state index contributed by atoms with van der Waals surface area (Å²) >= 11 is 0. The van der Waals surface area contributed by atoms with Crippen LogP contribution in [0.4, 0.5) is 5.69 Å². The van der Waals surface area contributed by atoms with Crippen molar-refractivity contribution in [2.75, 3.05) is 5.32 Å². The van der Waals surface area contributed by atoms with Crippen LogP contribution < -0.4 is 10.6 Å². The van der Waals surface area contributed by atoms with Gasteiger partial charge >= 0.3 is 0 Å². The molecule has 0 spiro atoms. The fraction of sp³-hybridized carbons (Fsp3) is 0.227. The van der Waals surface area contributed by atoms with Crippen molar-refractivity contribution in [2.45, 2.75) is 32.9 Å². The smallest absolute Gasteiger partial charge is 0.251 e. The van der Waals surface area contributed by atoms with E-state index in [0.29, 0.717) is 12.1 Å². The number of hydrogen-bond acceptors (Lipinski definition) is 3. The summed E-state index contributed by atoms with van der Waals surface area (Å²) in [6, 6.07) is 16.8. The van der Waals surface area contributed by atoms with E-state index in [0.717, 1.165) is 28.2 Å². The Hall–Kier alpha value is -3.41. The van der Waals surface area contributed by atoms with Crippen molar-refractivity contribution in [3.8, 4) is 0 Å². The third kappa shape index (κ3) is 3.67. The zero-order chi connectivity index (χ0) is 19.7. The molecule has 0 bridgehead atoms. The topological polar surface area (TPSA) is 76.0 Å². The van der Waals surface area contributed by atoms with E-state index in [1.165, 1.54) is 0 Å². The van der Waals surface area contributed by atoms with Crippen LogP contribution in [-0.4, -0.2) is 21.6 Å². The molecule has 1 aliphatic rings. The predicted molar refractivity (Wildman–Crippen MR) is 107 cm³/mol. The molecule has 2 N–H and O–H groups in total. The highest BCUT2D eigenvalue weighted by atomic mass is 16.2. The zero-order valence-electron chi connectivity index (χ0n) is 15.9. The van der Waals surface area contributed by atoms with Crippen molar-refractivity contribution in [3.05, 3.63) is 82.7 Å². The summed E-state index contributed by atoms with van der Waals surface area (Å²) in [4.78, 5) is 24.6. The van der Waals surface area contributed by atoms with Crippen LogP contribution in [0.5, 0.6) is 0 Å². The summed E-state index contributed by atoms with van der Waals surface area (Å²) in [6.45, 7) is 4.67. The van der Waals surface area contributed by atoms with Crippen molar-refractivity contribution >= 4 is 17.5 Å². The monoisotopic (exact) mass is 374 g/mol. The summed E-state index contributed by atoms with van der Waals surface area (Å²) in [5, 5.41) is 10.3. The van der Waals surface area contributed by atoms with Gasteiger partial charge in [-0.05, 0) is 49.2 Å². The summed E-state index contributed by atoms with van der Waals surface area (Å²) in [5.41, 5.74) is 5.42. The molecular formula is C22H22N4O2. The van der Waals surface area contributed by atoms with Crippen LogP contribution in [0.2, 0.25) is 0 Å². The Morgan fingerprint density at radius 1 is 1.18 bits per heavy atom.